The Labute approximate surface area is 101 Å². The molecule has 2 N–H and O–H groups in total. The average molecular weight is 228 g/mol. The first kappa shape index (κ1) is 11.4. The molecular formula is C13H16N4. The fourth-order valence-corrected chi connectivity index (χ4v) is 1.48. The minimum atomic E-state index is 0.826. The molecule has 0 aliphatic rings. The average Bonchev–Trinajstić information content (AvgIpc) is 2.41. The van der Waals surface area contributed by atoms with Crippen LogP contribution in [0.1, 0.15) is 6.42 Å². The lowest BCUT2D eigenvalue weighted by Gasteiger charge is -2.07. The monoisotopic (exact) mass is 228 g/mol. The fourth-order valence-electron chi connectivity index (χ4n) is 1.48. The van der Waals surface area contributed by atoms with Gasteiger partial charge in [-0.25, -0.2) is 4.98 Å². The van der Waals surface area contributed by atoms with Crippen molar-refractivity contribution in [1.82, 2.24) is 9.97 Å². The van der Waals surface area contributed by atoms with Crippen molar-refractivity contribution in [3.05, 3.63) is 48.9 Å². The van der Waals surface area contributed by atoms with Gasteiger partial charge in [0.2, 0.25) is 0 Å². The van der Waals surface area contributed by atoms with Crippen LogP contribution in [0.2, 0.25) is 0 Å². The van der Waals surface area contributed by atoms with Crippen molar-refractivity contribution in [2.45, 2.75) is 6.42 Å². The normalized spacial score (nSPS) is 9.88. The molecule has 0 spiro atoms. The van der Waals surface area contributed by atoms with E-state index in [2.05, 4.69) is 32.7 Å². The van der Waals surface area contributed by atoms with Crippen molar-refractivity contribution in [2.24, 2.45) is 0 Å². The van der Waals surface area contributed by atoms with Crippen LogP contribution in [0.25, 0.3) is 0 Å². The summed E-state index contributed by atoms with van der Waals surface area (Å²) in [5, 5.41) is 6.57. The van der Waals surface area contributed by atoms with E-state index in [1.54, 1.807) is 18.6 Å². The summed E-state index contributed by atoms with van der Waals surface area (Å²) in [6.07, 6.45) is 6.11. The predicted octanol–water partition coefficient (Wildman–Crippen LogP) is 2.39. The molecule has 0 saturated heterocycles. The maximum absolute atomic E-state index is 4.14. The Morgan fingerprint density at radius 1 is 0.941 bits per heavy atom. The zero-order chi connectivity index (χ0) is 11.8. The van der Waals surface area contributed by atoms with Crippen LogP contribution >= 0.6 is 0 Å². The SMILES string of the molecule is c1ccc(NCCCNc2cnccn2)cc1. The Kier molecular flexibility index (Phi) is 4.34. The standard InChI is InChI=1S/C13H16N4/c1-2-5-12(6-3-1)15-7-4-8-16-13-11-14-9-10-17-13/h1-3,5-6,9-11,15H,4,7-8H2,(H,16,17). The first-order valence-electron chi connectivity index (χ1n) is 5.74. The summed E-state index contributed by atoms with van der Waals surface area (Å²) < 4.78 is 0. The second-order valence-electron chi connectivity index (χ2n) is 3.66. The summed E-state index contributed by atoms with van der Waals surface area (Å²) in [5.74, 6) is 0.826. The summed E-state index contributed by atoms with van der Waals surface area (Å²) in [6, 6.07) is 10.2. The Hall–Kier alpha value is -2.10. The second-order valence-corrected chi connectivity index (χ2v) is 3.66. The zero-order valence-electron chi connectivity index (χ0n) is 9.63. The van der Waals surface area contributed by atoms with Crippen LogP contribution in [-0.2, 0) is 0 Å². The number of nitrogens with one attached hydrogen (secondary N) is 2. The van der Waals surface area contributed by atoms with E-state index >= 15 is 0 Å². The van der Waals surface area contributed by atoms with Gasteiger partial charge in [-0.3, -0.25) is 4.98 Å². The van der Waals surface area contributed by atoms with Crippen LogP contribution < -0.4 is 10.6 Å². The van der Waals surface area contributed by atoms with Gasteiger partial charge < -0.3 is 10.6 Å². The molecule has 0 bridgehead atoms. The highest BCUT2D eigenvalue weighted by atomic mass is 15.0. The van der Waals surface area contributed by atoms with Crippen molar-refractivity contribution >= 4 is 11.5 Å². The van der Waals surface area contributed by atoms with E-state index in [-0.39, 0.29) is 0 Å². The molecule has 0 saturated carbocycles. The minimum Gasteiger partial charge on any atom is -0.385 e. The van der Waals surface area contributed by atoms with Crippen molar-refractivity contribution < 1.29 is 0 Å². The molecular weight excluding hydrogens is 212 g/mol. The number of hydrogen-bond acceptors (Lipinski definition) is 4. The highest BCUT2D eigenvalue weighted by Gasteiger charge is 1.92. The number of aromatic nitrogens is 2. The van der Waals surface area contributed by atoms with Gasteiger partial charge in [-0.15, -0.1) is 0 Å². The van der Waals surface area contributed by atoms with Crippen LogP contribution in [0, 0.1) is 0 Å². The number of para-hydroxylation sites is 1. The highest BCUT2D eigenvalue weighted by molar-refractivity contribution is 5.42. The molecule has 4 heteroatoms. The molecule has 17 heavy (non-hydrogen) atoms. The molecule has 2 aromatic rings. The van der Waals surface area contributed by atoms with Gasteiger partial charge in [-0.1, -0.05) is 18.2 Å². The molecule has 1 aromatic carbocycles. The Morgan fingerprint density at radius 2 is 1.76 bits per heavy atom. The molecule has 2 rings (SSSR count). The Morgan fingerprint density at radius 3 is 2.53 bits per heavy atom. The molecule has 0 unspecified atom stereocenters. The zero-order valence-corrected chi connectivity index (χ0v) is 9.63. The van der Waals surface area contributed by atoms with Gasteiger partial charge in [0.25, 0.3) is 0 Å². The van der Waals surface area contributed by atoms with Crippen LogP contribution in [0.3, 0.4) is 0 Å². The summed E-state index contributed by atoms with van der Waals surface area (Å²) >= 11 is 0. The fraction of sp³-hybridized carbons (Fsp3) is 0.231. The number of hydrogen-bond donors (Lipinski definition) is 2. The van der Waals surface area contributed by atoms with Gasteiger partial charge in [0.05, 0.1) is 6.20 Å². The van der Waals surface area contributed by atoms with Gasteiger partial charge in [0.15, 0.2) is 0 Å². The van der Waals surface area contributed by atoms with E-state index in [1.165, 1.54) is 0 Å². The van der Waals surface area contributed by atoms with Crippen molar-refractivity contribution in [1.29, 1.82) is 0 Å². The predicted molar refractivity (Wildman–Crippen MR) is 70.1 cm³/mol. The summed E-state index contributed by atoms with van der Waals surface area (Å²) in [4.78, 5) is 8.13. The first-order valence-corrected chi connectivity index (χ1v) is 5.74. The summed E-state index contributed by atoms with van der Waals surface area (Å²) in [6.45, 7) is 1.83. The molecule has 0 fully saturated rings. The van der Waals surface area contributed by atoms with Crippen LogP contribution in [0.15, 0.2) is 48.9 Å². The summed E-state index contributed by atoms with van der Waals surface area (Å²) in [5.41, 5.74) is 1.16. The van der Waals surface area contributed by atoms with Crippen molar-refractivity contribution in [3.8, 4) is 0 Å². The lowest BCUT2D eigenvalue weighted by atomic mass is 10.3. The van der Waals surface area contributed by atoms with E-state index in [1.807, 2.05) is 18.2 Å². The van der Waals surface area contributed by atoms with E-state index in [0.29, 0.717) is 0 Å². The first-order chi connectivity index (χ1) is 8.45. The number of anilines is 2. The van der Waals surface area contributed by atoms with E-state index in [9.17, 15) is 0 Å². The number of benzene rings is 1. The lowest BCUT2D eigenvalue weighted by Crippen LogP contribution is -2.09. The smallest absolute Gasteiger partial charge is 0.144 e. The number of rotatable bonds is 6. The van der Waals surface area contributed by atoms with Gasteiger partial charge >= 0.3 is 0 Å². The van der Waals surface area contributed by atoms with Crippen LogP contribution in [0.4, 0.5) is 11.5 Å². The second kappa shape index (κ2) is 6.48. The van der Waals surface area contributed by atoms with E-state index in [0.717, 1.165) is 31.0 Å². The highest BCUT2D eigenvalue weighted by Crippen LogP contribution is 2.04. The molecule has 0 atom stereocenters. The molecule has 0 radical (unpaired) electrons. The molecule has 0 aliphatic carbocycles. The molecule has 0 amide bonds. The third-order valence-corrected chi connectivity index (χ3v) is 2.33. The third-order valence-electron chi connectivity index (χ3n) is 2.33. The summed E-state index contributed by atoms with van der Waals surface area (Å²) in [7, 11) is 0. The van der Waals surface area contributed by atoms with E-state index < -0.39 is 0 Å². The topological polar surface area (TPSA) is 49.8 Å². The molecule has 0 aliphatic heterocycles. The maximum Gasteiger partial charge on any atom is 0.144 e. The van der Waals surface area contributed by atoms with Crippen LogP contribution in [0.5, 0.6) is 0 Å². The van der Waals surface area contributed by atoms with Gasteiger partial charge in [0.1, 0.15) is 5.82 Å². The van der Waals surface area contributed by atoms with Gasteiger partial charge in [-0.05, 0) is 18.6 Å². The molecule has 88 valence electrons. The van der Waals surface area contributed by atoms with Crippen molar-refractivity contribution in [3.63, 3.8) is 0 Å². The minimum absolute atomic E-state index is 0.826. The maximum atomic E-state index is 4.14. The van der Waals surface area contributed by atoms with Crippen LogP contribution in [-0.4, -0.2) is 23.1 Å². The molecule has 4 nitrogen and oxygen atoms in total. The molecule has 1 aromatic heterocycles. The van der Waals surface area contributed by atoms with Gasteiger partial charge in [0, 0.05) is 31.2 Å². The largest absolute Gasteiger partial charge is 0.385 e. The Balaban J connectivity index is 1.61. The molecule has 1 heterocycles. The quantitative estimate of drug-likeness (QED) is 0.745. The van der Waals surface area contributed by atoms with Gasteiger partial charge in [-0.2, -0.15) is 0 Å². The van der Waals surface area contributed by atoms with E-state index in [4.69, 9.17) is 0 Å². The Bertz CT molecular complexity index is 374. The van der Waals surface area contributed by atoms with Crippen molar-refractivity contribution in [2.75, 3.05) is 23.7 Å². The third kappa shape index (κ3) is 4.10. The lowest BCUT2D eigenvalue weighted by molar-refractivity contribution is 0.902. The number of nitrogens with zero attached hydrogens (tertiary/aromatic N) is 2.